The third kappa shape index (κ3) is 6.79. The van der Waals surface area contributed by atoms with E-state index in [9.17, 15) is 21.6 Å². The van der Waals surface area contributed by atoms with Gasteiger partial charge >= 0.3 is 0 Å². The molecule has 0 radical (unpaired) electrons. The number of hydrogen-bond acceptors (Lipinski definition) is 7. The number of hydrogen-bond donors (Lipinski definition) is 2. The standard InChI is InChI=1S/C27H25BrN4O6S2/c1-19-5-9-22(10-6-19)32(40(36,37)24-13-14-26(38-2)25(28)16-24)18-27(33)30-20-7-11-23(12-8-20)39(34,35)31-21-4-3-15-29-17-21/h3-17,31H,18H2,1-2H3,(H,30,33). The second-order valence-electron chi connectivity index (χ2n) is 8.56. The van der Waals surface area contributed by atoms with Crippen molar-refractivity contribution in [2.45, 2.75) is 16.7 Å². The summed E-state index contributed by atoms with van der Waals surface area (Å²) in [5.74, 6) is -0.166. The van der Waals surface area contributed by atoms with Crippen LogP contribution in [0.5, 0.6) is 5.75 Å². The lowest BCUT2D eigenvalue weighted by Gasteiger charge is -2.24. The average Bonchev–Trinajstić information content (AvgIpc) is 2.93. The number of amides is 1. The number of benzene rings is 3. The molecule has 10 nitrogen and oxygen atoms in total. The van der Waals surface area contributed by atoms with Crippen LogP contribution in [0.15, 0.2) is 106 Å². The smallest absolute Gasteiger partial charge is 0.264 e. The maximum absolute atomic E-state index is 13.7. The molecule has 0 saturated heterocycles. The molecule has 0 saturated carbocycles. The van der Waals surface area contributed by atoms with Gasteiger partial charge in [-0.2, -0.15) is 0 Å². The molecule has 208 valence electrons. The highest BCUT2D eigenvalue weighted by molar-refractivity contribution is 9.10. The van der Waals surface area contributed by atoms with Gasteiger partial charge < -0.3 is 10.1 Å². The van der Waals surface area contributed by atoms with Gasteiger partial charge in [0, 0.05) is 11.9 Å². The van der Waals surface area contributed by atoms with Crippen molar-refractivity contribution in [1.29, 1.82) is 0 Å². The fraction of sp³-hybridized carbons (Fsp3) is 0.111. The van der Waals surface area contributed by atoms with E-state index in [1.807, 2.05) is 6.92 Å². The Morgan fingerprint density at radius 3 is 2.20 bits per heavy atom. The molecule has 1 heterocycles. The minimum Gasteiger partial charge on any atom is -0.496 e. The van der Waals surface area contributed by atoms with Crippen LogP contribution in [-0.2, 0) is 24.8 Å². The van der Waals surface area contributed by atoms with Gasteiger partial charge in [0.25, 0.3) is 20.0 Å². The largest absolute Gasteiger partial charge is 0.496 e. The van der Waals surface area contributed by atoms with E-state index < -0.39 is 32.5 Å². The summed E-state index contributed by atoms with van der Waals surface area (Å²) in [4.78, 5) is 16.9. The first-order chi connectivity index (χ1) is 19.0. The van der Waals surface area contributed by atoms with Crippen LogP contribution in [0.25, 0.3) is 0 Å². The summed E-state index contributed by atoms with van der Waals surface area (Å²) in [5, 5.41) is 2.64. The molecule has 0 unspecified atom stereocenters. The number of pyridine rings is 1. The monoisotopic (exact) mass is 644 g/mol. The second kappa shape index (κ2) is 12.1. The summed E-state index contributed by atoms with van der Waals surface area (Å²) in [6.45, 7) is 1.34. The van der Waals surface area contributed by atoms with E-state index in [0.717, 1.165) is 9.87 Å². The molecule has 3 aromatic carbocycles. The maximum atomic E-state index is 13.7. The third-order valence-electron chi connectivity index (χ3n) is 5.68. The van der Waals surface area contributed by atoms with Gasteiger partial charge in [0.1, 0.15) is 12.3 Å². The summed E-state index contributed by atoms with van der Waals surface area (Å²) < 4.78 is 61.7. The summed E-state index contributed by atoms with van der Waals surface area (Å²) in [7, 11) is -6.57. The zero-order valence-electron chi connectivity index (χ0n) is 21.4. The zero-order chi connectivity index (χ0) is 28.9. The molecule has 1 amide bonds. The highest BCUT2D eigenvalue weighted by Gasteiger charge is 2.28. The molecular weight excluding hydrogens is 620 g/mol. The van der Waals surface area contributed by atoms with Crippen LogP contribution in [0, 0.1) is 6.92 Å². The Hall–Kier alpha value is -3.94. The number of aryl methyl sites for hydroxylation is 1. The fourth-order valence-electron chi connectivity index (χ4n) is 3.65. The van der Waals surface area contributed by atoms with Gasteiger partial charge in [-0.05, 0) is 89.6 Å². The Labute approximate surface area is 241 Å². The maximum Gasteiger partial charge on any atom is 0.264 e. The van der Waals surface area contributed by atoms with Gasteiger partial charge in [0.2, 0.25) is 5.91 Å². The molecule has 2 N–H and O–H groups in total. The number of sulfonamides is 2. The lowest BCUT2D eigenvalue weighted by Crippen LogP contribution is -2.38. The first kappa shape index (κ1) is 29.1. The zero-order valence-corrected chi connectivity index (χ0v) is 24.6. The molecule has 0 spiro atoms. The molecule has 0 fully saturated rings. The summed E-state index contributed by atoms with van der Waals surface area (Å²) in [6.07, 6.45) is 2.90. The molecule has 0 aliphatic carbocycles. The molecule has 1 aromatic heterocycles. The Balaban J connectivity index is 1.55. The number of aromatic nitrogens is 1. The highest BCUT2D eigenvalue weighted by atomic mass is 79.9. The van der Waals surface area contributed by atoms with E-state index in [1.54, 1.807) is 36.4 Å². The van der Waals surface area contributed by atoms with Gasteiger partial charge in [-0.15, -0.1) is 0 Å². The molecule has 0 bridgehead atoms. The van der Waals surface area contributed by atoms with Crippen molar-refractivity contribution in [3.05, 3.63) is 101 Å². The van der Waals surface area contributed by atoms with Gasteiger partial charge in [0.05, 0.1) is 38.9 Å². The number of methoxy groups -OCH3 is 1. The SMILES string of the molecule is COc1ccc(S(=O)(=O)N(CC(=O)Nc2ccc(S(=O)(=O)Nc3cccnc3)cc2)c2ccc(C)cc2)cc1Br. The number of anilines is 3. The molecular formula is C27H25BrN4O6S2. The highest BCUT2D eigenvalue weighted by Crippen LogP contribution is 2.31. The Kier molecular flexibility index (Phi) is 8.76. The quantitative estimate of drug-likeness (QED) is 0.253. The predicted molar refractivity (Wildman–Crippen MR) is 157 cm³/mol. The lowest BCUT2D eigenvalue weighted by atomic mass is 10.2. The Morgan fingerprint density at radius 2 is 1.60 bits per heavy atom. The van der Waals surface area contributed by atoms with Gasteiger partial charge in [-0.1, -0.05) is 17.7 Å². The van der Waals surface area contributed by atoms with Crippen molar-refractivity contribution >= 4 is 58.9 Å². The Morgan fingerprint density at radius 1 is 0.925 bits per heavy atom. The van der Waals surface area contributed by atoms with Crippen LogP contribution in [0.3, 0.4) is 0 Å². The normalized spacial score (nSPS) is 11.5. The third-order valence-corrected chi connectivity index (χ3v) is 9.47. The number of ether oxygens (including phenoxy) is 1. The van der Waals surface area contributed by atoms with Crippen molar-refractivity contribution in [2.75, 3.05) is 28.0 Å². The summed E-state index contributed by atoms with van der Waals surface area (Å²) >= 11 is 3.31. The first-order valence-corrected chi connectivity index (χ1v) is 15.5. The molecule has 0 aliphatic heterocycles. The van der Waals surface area contributed by atoms with Crippen molar-refractivity contribution in [3.8, 4) is 5.75 Å². The van der Waals surface area contributed by atoms with Crippen LogP contribution in [-0.4, -0.2) is 41.4 Å². The van der Waals surface area contributed by atoms with E-state index in [4.69, 9.17) is 4.74 Å². The lowest BCUT2D eigenvalue weighted by molar-refractivity contribution is -0.114. The molecule has 4 rings (SSSR count). The van der Waals surface area contributed by atoms with Crippen LogP contribution in [0.4, 0.5) is 17.1 Å². The van der Waals surface area contributed by atoms with Crippen molar-refractivity contribution in [2.24, 2.45) is 0 Å². The van der Waals surface area contributed by atoms with Crippen molar-refractivity contribution in [3.63, 3.8) is 0 Å². The van der Waals surface area contributed by atoms with Crippen molar-refractivity contribution < 1.29 is 26.4 Å². The van der Waals surface area contributed by atoms with Crippen LogP contribution < -0.4 is 19.1 Å². The fourth-order valence-corrected chi connectivity index (χ4v) is 6.83. The van der Waals surface area contributed by atoms with Gasteiger partial charge in [-0.3, -0.25) is 18.8 Å². The van der Waals surface area contributed by atoms with E-state index in [-0.39, 0.29) is 9.79 Å². The van der Waals surface area contributed by atoms with Crippen LogP contribution in [0.2, 0.25) is 0 Å². The minimum atomic E-state index is -4.16. The number of halogens is 1. The topological polar surface area (TPSA) is 135 Å². The average molecular weight is 646 g/mol. The van der Waals surface area contributed by atoms with Gasteiger partial charge in [0.15, 0.2) is 0 Å². The van der Waals surface area contributed by atoms with E-state index in [0.29, 0.717) is 27.3 Å². The van der Waals surface area contributed by atoms with Crippen molar-refractivity contribution in [1.82, 2.24) is 4.98 Å². The summed E-state index contributed by atoms with van der Waals surface area (Å²) in [6, 6.07) is 19.7. The second-order valence-corrected chi connectivity index (χ2v) is 13.0. The first-order valence-electron chi connectivity index (χ1n) is 11.8. The molecule has 0 atom stereocenters. The number of carbonyl (C=O) groups excluding carboxylic acids is 1. The van der Waals surface area contributed by atoms with Crippen LogP contribution in [0.1, 0.15) is 5.56 Å². The van der Waals surface area contributed by atoms with Crippen LogP contribution >= 0.6 is 15.9 Å². The molecule has 40 heavy (non-hydrogen) atoms. The molecule has 4 aromatic rings. The molecule has 0 aliphatic rings. The van der Waals surface area contributed by atoms with E-state index in [2.05, 4.69) is 31.0 Å². The Bertz CT molecular complexity index is 1720. The number of nitrogens with zero attached hydrogens (tertiary/aromatic N) is 2. The number of rotatable bonds is 10. The van der Waals surface area contributed by atoms with E-state index >= 15 is 0 Å². The summed E-state index contributed by atoms with van der Waals surface area (Å²) in [5.41, 5.74) is 1.82. The van der Waals surface area contributed by atoms with Gasteiger partial charge in [-0.25, -0.2) is 16.8 Å². The minimum absolute atomic E-state index is 0.0247. The molecule has 13 heteroatoms. The number of carbonyl (C=O) groups is 1. The number of nitrogens with one attached hydrogen (secondary N) is 2. The predicted octanol–water partition coefficient (Wildman–Crippen LogP) is 4.80. The van der Waals surface area contributed by atoms with E-state index in [1.165, 1.54) is 62.0 Å².